The number of ether oxygens (including phenoxy) is 1. The molecular formula is C23H18N2O3. The Balaban J connectivity index is 1.79. The summed E-state index contributed by atoms with van der Waals surface area (Å²) in [6, 6.07) is 22.9. The average molecular weight is 370 g/mol. The molecule has 3 aromatic carbocycles. The van der Waals surface area contributed by atoms with Gasteiger partial charge in [0.05, 0.1) is 0 Å². The molecule has 1 amide bonds. The van der Waals surface area contributed by atoms with E-state index in [1.54, 1.807) is 0 Å². The molecule has 0 atom stereocenters. The van der Waals surface area contributed by atoms with Gasteiger partial charge in [0, 0.05) is 36.6 Å². The Bertz CT molecular complexity index is 1070. The van der Waals surface area contributed by atoms with Crippen LogP contribution in [0, 0.1) is 0 Å². The van der Waals surface area contributed by atoms with Crippen molar-refractivity contribution in [1.29, 1.82) is 0 Å². The fourth-order valence-corrected chi connectivity index (χ4v) is 4.30. The number of cyclic esters (lactones) is 2. The molecule has 0 radical (unpaired) electrons. The number of fused-ring (bicyclic) bond motifs is 5. The van der Waals surface area contributed by atoms with E-state index < -0.39 is 17.6 Å². The average Bonchev–Trinajstić information content (AvgIpc) is 3.15. The minimum Gasteiger partial charge on any atom is -0.378 e. The Kier molecular flexibility index (Phi) is 3.37. The summed E-state index contributed by atoms with van der Waals surface area (Å²) in [5, 5.41) is 0. The summed E-state index contributed by atoms with van der Waals surface area (Å²) in [5.74, 6) is -0.563. The number of hydrogen-bond acceptors (Lipinski definition) is 4. The van der Waals surface area contributed by atoms with Crippen LogP contribution in [-0.4, -0.2) is 26.2 Å². The zero-order valence-electron chi connectivity index (χ0n) is 15.5. The van der Waals surface area contributed by atoms with Crippen molar-refractivity contribution < 1.29 is 14.3 Å². The molecule has 138 valence electrons. The van der Waals surface area contributed by atoms with Gasteiger partial charge in [-0.05, 0) is 35.4 Å². The Hall–Kier alpha value is -3.60. The van der Waals surface area contributed by atoms with Gasteiger partial charge in [0.25, 0.3) is 0 Å². The molecule has 28 heavy (non-hydrogen) atoms. The summed E-state index contributed by atoms with van der Waals surface area (Å²) in [6.45, 7) is 0. The molecule has 0 saturated carbocycles. The number of carbonyl (C=O) groups is 2. The zero-order chi connectivity index (χ0) is 19.5. The van der Waals surface area contributed by atoms with Gasteiger partial charge in [-0.15, -0.1) is 0 Å². The van der Waals surface area contributed by atoms with E-state index in [0.717, 1.165) is 27.9 Å². The number of anilines is 2. The second-order valence-corrected chi connectivity index (χ2v) is 7.20. The topological polar surface area (TPSA) is 49.9 Å². The molecule has 3 aromatic rings. The number of amides is 1. The van der Waals surface area contributed by atoms with Crippen LogP contribution in [0.4, 0.5) is 16.2 Å². The van der Waals surface area contributed by atoms with Gasteiger partial charge in [0.2, 0.25) is 5.54 Å². The molecule has 0 aromatic heterocycles. The lowest BCUT2D eigenvalue weighted by molar-refractivity contribution is -0.137. The largest absolute Gasteiger partial charge is 0.423 e. The lowest BCUT2D eigenvalue weighted by Crippen LogP contribution is -2.46. The van der Waals surface area contributed by atoms with Crippen LogP contribution in [0.15, 0.2) is 72.8 Å². The fraction of sp³-hybridized carbons (Fsp3) is 0.130. The third kappa shape index (κ3) is 1.96. The first kappa shape index (κ1) is 16.6. The summed E-state index contributed by atoms with van der Waals surface area (Å²) >= 11 is 0. The number of carbonyl (C=O) groups excluding carboxylic acids is 2. The van der Waals surface area contributed by atoms with Crippen molar-refractivity contribution in [2.75, 3.05) is 23.9 Å². The Morgan fingerprint density at radius 1 is 0.786 bits per heavy atom. The lowest BCUT2D eigenvalue weighted by atomic mass is 9.86. The first-order valence-corrected chi connectivity index (χ1v) is 9.08. The van der Waals surface area contributed by atoms with Gasteiger partial charge < -0.3 is 9.64 Å². The summed E-state index contributed by atoms with van der Waals surface area (Å²) < 4.78 is 5.20. The predicted octanol–water partition coefficient (Wildman–Crippen LogP) is 4.16. The summed E-state index contributed by atoms with van der Waals surface area (Å²) in [7, 11) is 3.90. The van der Waals surface area contributed by atoms with Crippen LogP contribution in [0.25, 0.3) is 11.1 Å². The van der Waals surface area contributed by atoms with E-state index in [0.29, 0.717) is 5.69 Å². The lowest BCUT2D eigenvalue weighted by Gasteiger charge is -2.32. The van der Waals surface area contributed by atoms with E-state index in [-0.39, 0.29) is 0 Å². The van der Waals surface area contributed by atoms with Crippen LogP contribution >= 0.6 is 0 Å². The maximum atomic E-state index is 13.2. The quantitative estimate of drug-likeness (QED) is 0.502. The Morgan fingerprint density at radius 3 is 1.86 bits per heavy atom. The molecule has 1 aliphatic carbocycles. The van der Waals surface area contributed by atoms with Crippen LogP contribution in [0.2, 0.25) is 0 Å². The molecule has 5 heteroatoms. The normalized spacial score (nSPS) is 16.1. The van der Waals surface area contributed by atoms with Crippen LogP contribution in [-0.2, 0) is 15.1 Å². The summed E-state index contributed by atoms with van der Waals surface area (Å²) in [6.07, 6.45) is -0.658. The minimum absolute atomic E-state index is 0.563. The predicted molar refractivity (Wildman–Crippen MR) is 107 cm³/mol. The number of nitrogens with zero attached hydrogens (tertiary/aromatic N) is 2. The highest BCUT2D eigenvalue weighted by Gasteiger charge is 2.62. The molecule has 0 unspecified atom stereocenters. The Labute approximate surface area is 162 Å². The number of hydrogen-bond donors (Lipinski definition) is 0. The number of esters is 1. The number of benzene rings is 3. The van der Waals surface area contributed by atoms with Gasteiger partial charge in [-0.2, -0.15) is 0 Å². The third-order valence-corrected chi connectivity index (χ3v) is 5.54. The standard InChI is InChI=1S/C23H18N2O3/c1-24(2)15-11-13-16(14-12-15)25-22(27)28-21(26)23(25)19-9-5-3-7-17(19)18-8-4-6-10-20(18)23/h3-14H,1-2H3. The SMILES string of the molecule is CN(C)c1ccc(N2C(=O)OC(=O)C23c2ccccc2-c2ccccc23)cc1. The van der Waals surface area contributed by atoms with E-state index in [1.165, 1.54) is 4.90 Å². The van der Waals surface area contributed by atoms with E-state index in [1.807, 2.05) is 91.8 Å². The smallest absolute Gasteiger partial charge is 0.378 e. The van der Waals surface area contributed by atoms with Gasteiger partial charge in [-0.25, -0.2) is 9.59 Å². The molecule has 1 heterocycles. The van der Waals surface area contributed by atoms with Gasteiger partial charge in [0.1, 0.15) is 0 Å². The fourth-order valence-electron chi connectivity index (χ4n) is 4.30. The third-order valence-electron chi connectivity index (χ3n) is 5.54. The van der Waals surface area contributed by atoms with E-state index >= 15 is 0 Å². The van der Waals surface area contributed by atoms with E-state index in [9.17, 15) is 9.59 Å². The molecule has 0 bridgehead atoms. The molecular weight excluding hydrogens is 352 g/mol. The second-order valence-electron chi connectivity index (χ2n) is 7.20. The zero-order valence-corrected chi connectivity index (χ0v) is 15.5. The van der Waals surface area contributed by atoms with Crippen molar-refractivity contribution in [3.05, 3.63) is 83.9 Å². The van der Waals surface area contributed by atoms with Crippen LogP contribution in [0.3, 0.4) is 0 Å². The van der Waals surface area contributed by atoms with Gasteiger partial charge in [-0.1, -0.05) is 48.5 Å². The van der Waals surface area contributed by atoms with Crippen molar-refractivity contribution in [2.24, 2.45) is 0 Å². The monoisotopic (exact) mass is 370 g/mol. The maximum Gasteiger partial charge on any atom is 0.423 e. The minimum atomic E-state index is -1.30. The molecule has 1 fully saturated rings. The highest BCUT2D eigenvalue weighted by atomic mass is 16.6. The van der Waals surface area contributed by atoms with Gasteiger partial charge in [-0.3, -0.25) is 4.90 Å². The van der Waals surface area contributed by atoms with E-state index in [4.69, 9.17) is 4.74 Å². The van der Waals surface area contributed by atoms with Crippen molar-refractivity contribution in [3.63, 3.8) is 0 Å². The molecule has 0 N–H and O–H groups in total. The molecule has 1 spiro atoms. The highest BCUT2D eigenvalue weighted by Crippen LogP contribution is 2.54. The second kappa shape index (κ2) is 5.70. The van der Waals surface area contributed by atoms with Crippen molar-refractivity contribution in [1.82, 2.24) is 0 Å². The molecule has 2 aliphatic rings. The van der Waals surface area contributed by atoms with Crippen LogP contribution in [0.5, 0.6) is 0 Å². The van der Waals surface area contributed by atoms with E-state index in [2.05, 4.69) is 0 Å². The van der Waals surface area contributed by atoms with Crippen molar-refractivity contribution in [3.8, 4) is 11.1 Å². The number of rotatable bonds is 2. The molecule has 5 nitrogen and oxygen atoms in total. The summed E-state index contributed by atoms with van der Waals surface area (Å²) in [4.78, 5) is 29.5. The first-order valence-electron chi connectivity index (χ1n) is 9.08. The van der Waals surface area contributed by atoms with Crippen molar-refractivity contribution in [2.45, 2.75) is 5.54 Å². The first-order chi connectivity index (χ1) is 13.5. The molecule has 5 rings (SSSR count). The van der Waals surface area contributed by atoms with Crippen LogP contribution in [0.1, 0.15) is 11.1 Å². The molecule has 1 aliphatic heterocycles. The maximum absolute atomic E-state index is 13.2. The Morgan fingerprint density at radius 2 is 1.32 bits per heavy atom. The summed E-state index contributed by atoms with van der Waals surface area (Å²) in [5.41, 5.74) is 3.74. The highest BCUT2D eigenvalue weighted by molar-refractivity contribution is 6.15. The van der Waals surface area contributed by atoms with Crippen LogP contribution < -0.4 is 9.80 Å². The van der Waals surface area contributed by atoms with Gasteiger partial charge >= 0.3 is 12.1 Å². The molecule has 1 saturated heterocycles. The van der Waals surface area contributed by atoms with Crippen molar-refractivity contribution >= 4 is 23.4 Å². The van der Waals surface area contributed by atoms with Gasteiger partial charge in [0.15, 0.2) is 0 Å².